The minimum absolute atomic E-state index is 0.0896. The van der Waals surface area contributed by atoms with Crippen molar-refractivity contribution < 1.29 is 9.18 Å². The molecule has 0 bridgehead atoms. The number of H-pyrrole nitrogens is 2. The number of amides is 1. The summed E-state index contributed by atoms with van der Waals surface area (Å²) in [7, 11) is 0. The first-order valence-corrected chi connectivity index (χ1v) is 13.0. The molecule has 0 aliphatic carbocycles. The zero-order chi connectivity index (χ0) is 26.4. The Labute approximate surface area is 221 Å². The Balaban J connectivity index is 1.41. The normalized spacial score (nSPS) is 11.6. The van der Waals surface area contributed by atoms with Gasteiger partial charge in [0.05, 0.1) is 17.4 Å². The van der Waals surface area contributed by atoms with Gasteiger partial charge in [0.15, 0.2) is 17.3 Å². The monoisotopic (exact) mass is 525 g/mol. The Morgan fingerprint density at radius 3 is 2.79 bits per heavy atom. The number of nitrogens with zero attached hydrogens (tertiary/aromatic N) is 4. The lowest BCUT2D eigenvalue weighted by Crippen LogP contribution is -2.13. The average molecular weight is 526 g/mol. The van der Waals surface area contributed by atoms with Crippen LogP contribution in [0.2, 0.25) is 0 Å². The summed E-state index contributed by atoms with van der Waals surface area (Å²) in [5, 5.41) is 10.6. The number of nitrogens with one attached hydrogen (secondary N) is 3. The van der Waals surface area contributed by atoms with Crippen LogP contribution in [0, 0.1) is 18.7 Å². The van der Waals surface area contributed by atoms with E-state index in [1.807, 2.05) is 26.0 Å². The molecule has 0 spiro atoms. The number of carbonyl (C=O) groups is 1. The largest absolute Gasteiger partial charge is 0.335 e. The fourth-order valence-electron chi connectivity index (χ4n) is 4.49. The molecule has 5 aromatic heterocycles. The molecule has 1 amide bonds. The molecular weight excluding hydrogens is 501 g/mol. The predicted molar refractivity (Wildman–Crippen MR) is 148 cm³/mol. The second-order valence-corrected chi connectivity index (χ2v) is 10.9. The van der Waals surface area contributed by atoms with E-state index in [0.29, 0.717) is 45.8 Å². The maximum absolute atomic E-state index is 15.2. The molecule has 0 radical (unpaired) electrons. The lowest BCUT2D eigenvalue weighted by atomic mass is 10.0. The number of rotatable bonds is 6. The van der Waals surface area contributed by atoms with E-state index < -0.39 is 5.82 Å². The SMILES string of the molecule is Cc1ccc(-c2ccnc3nc(-c4[nH]nc5c(F)cc(-c6cncc(NC(=O)CC(C)C)c6)cc45)[nH]c23)s1. The van der Waals surface area contributed by atoms with Crippen LogP contribution in [0.5, 0.6) is 0 Å². The van der Waals surface area contributed by atoms with Crippen LogP contribution in [0.15, 0.2) is 55.0 Å². The molecule has 0 aliphatic heterocycles. The van der Waals surface area contributed by atoms with Gasteiger partial charge in [-0.25, -0.2) is 14.4 Å². The molecule has 0 aliphatic rings. The van der Waals surface area contributed by atoms with Gasteiger partial charge in [0.25, 0.3) is 0 Å². The third-order valence-corrected chi connectivity index (χ3v) is 7.23. The third kappa shape index (κ3) is 4.43. The number of thiophene rings is 1. The number of benzene rings is 1. The first-order chi connectivity index (χ1) is 18.4. The van der Waals surface area contributed by atoms with Gasteiger partial charge in [-0.15, -0.1) is 11.3 Å². The van der Waals surface area contributed by atoms with Gasteiger partial charge < -0.3 is 10.3 Å². The van der Waals surface area contributed by atoms with Crippen molar-refractivity contribution in [3.8, 4) is 33.1 Å². The first kappa shape index (κ1) is 23.9. The average Bonchev–Trinajstić information content (AvgIpc) is 3.61. The number of imidazole rings is 1. The zero-order valence-electron chi connectivity index (χ0n) is 21.0. The molecule has 8 nitrogen and oxygen atoms in total. The number of aryl methyl sites for hydroxylation is 1. The van der Waals surface area contributed by atoms with Gasteiger partial charge in [-0.1, -0.05) is 13.8 Å². The number of hydrogen-bond acceptors (Lipinski definition) is 6. The standard InChI is InChI=1S/C28H24FN7OS/c1-14(2)8-23(37)32-18-9-17(12-30-13-18)16-10-20-24(21(29)11-16)35-36-26(20)28-33-25-19(6-7-31-27(25)34-28)22-5-4-15(3)38-22/h4-7,9-14H,8H2,1-3H3,(H,32,37)(H,35,36)(H,31,33,34). The van der Waals surface area contributed by atoms with Gasteiger partial charge in [0.2, 0.25) is 5.91 Å². The summed E-state index contributed by atoms with van der Waals surface area (Å²) >= 11 is 1.70. The second-order valence-electron chi connectivity index (χ2n) is 9.61. The molecule has 1 aromatic carbocycles. The first-order valence-electron chi connectivity index (χ1n) is 12.2. The number of carbonyl (C=O) groups excluding carboxylic acids is 1. The fourth-order valence-corrected chi connectivity index (χ4v) is 5.38. The molecule has 0 unspecified atom stereocenters. The van der Waals surface area contributed by atoms with Gasteiger partial charge in [-0.05, 0) is 54.8 Å². The summed E-state index contributed by atoms with van der Waals surface area (Å²) in [6, 6.07) is 11.2. The highest BCUT2D eigenvalue weighted by molar-refractivity contribution is 7.15. The number of aromatic nitrogens is 6. The van der Waals surface area contributed by atoms with Crippen molar-refractivity contribution >= 4 is 45.0 Å². The van der Waals surface area contributed by atoms with Crippen LogP contribution in [-0.4, -0.2) is 36.0 Å². The minimum Gasteiger partial charge on any atom is -0.335 e. The fraction of sp³-hybridized carbons (Fsp3) is 0.179. The van der Waals surface area contributed by atoms with Crippen LogP contribution < -0.4 is 5.32 Å². The van der Waals surface area contributed by atoms with Crippen molar-refractivity contribution in [2.75, 3.05) is 5.32 Å². The minimum atomic E-state index is -0.474. The van der Waals surface area contributed by atoms with E-state index in [1.54, 1.807) is 36.0 Å². The smallest absolute Gasteiger partial charge is 0.224 e. The Morgan fingerprint density at radius 1 is 1.13 bits per heavy atom. The highest BCUT2D eigenvalue weighted by Gasteiger charge is 2.19. The molecule has 38 heavy (non-hydrogen) atoms. The summed E-state index contributed by atoms with van der Waals surface area (Å²) in [6.45, 7) is 6.03. The number of fused-ring (bicyclic) bond motifs is 2. The highest BCUT2D eigenvalue weighted by atomic mass is 32.1. The van der Waals surface area contributed by atoms with Gasteiger partial charge in [0.1, 0.15) is 11.2 Å². The number of aromatic amines is 2. The van der Waals surface area contributed by atoms with E-state index in [-0.39, 0.29) is 17.3 Å². The number of hydrogen-bond donors (Lipinski definition) is 3. The lowest BCUT2D eigenvalue weighted by molar-refractivity contribution is -0.116. The molecule has 5 heterocycles. The van der Waals surface area contributed by atoms with Crippen LogP contribution in [0.4, 0.5) is 10.1 Å². The van der Waals surface area contributed by atoms with Crippen LogP contribution in [0.1, 0.15) is 25.1 Å². The Kier molecular flexibility index (Phi) is 5.96. The van der Waals surface area contributed by atoms with Crippen molar-refractivity contribution in [1.82, 2.24) is 30.1 Å². The van der Waals surface area contributed by atoms with E-state index in [2.05, 4.69) is 54.5 Å². The molecule has 6 aromatic rings. The zero-order valence-corrected chi connectivity index (χ0v) is 21.8. The Bertz CT molecular complexity index is 1820. The van der Waals surface area contributed by atoms with Crippen molar-refractivity contribution in [3.63, 3.8) is 0 Å². The van der Waals surface area contributed by atoms with E-state index in [4.69, 9.17) is 0 Å². The summed E-state index contributed by atoms with van der Waals surface area (Å²) in [5.41, 5.74) is 4.97. The molecule has 0 saturated carbocycles. The molecule has 3 N–H and O–H groups in total. The van der Waals surface area contributed by atoms with E-state index in [9.17, 15) is 4.79 Å². The lowest BCUT2D eigenvalue weighted by Gasteiger charge is -2.09. The van der Waals surface area contributed by atoms with Gasteiger partial charge in [0, 0.05) is 45.1 Å². The van der Waals surface area contributed by atoms with E-state index >= 15 is 4.39 Å². The summed E-state index contributed by atoms with van der Waals surface area (Å²) in [6.07, 6.45) is 5.36. The van der Waals surface area contributed by atoms with Crippen LogP contribution in [0.3, 0.4) is 0 Å². The topological polar surface area (TPSA) is 112 Å². The van der Waals surface area contributed by atoms with Gasteiger partial charge in [-0.3, -0.25) is 14.9 Å². The van der Waals surface area contributed by atoms with Crippen LogP contribution in [-0.2, 0) is 4.79 Å². The van der Waals surface area contributed by atoms with Crippen LogP contribution in [0.25, 0.3) is 55.2 Å². The molecule has 0 atom stereocenters. The second kappa shape index (κ2) is 9.46. The molecular formula is C28H24FN7OS. The Morgan fingerprint density at radius 2 is 2.00 bits per heavy atom. The van der Waals surface area contributed by atoms with Gasteiger partial charge >= 0.3 is 0 Å². The number of anilines is 1. The maximum atomic E-state index is 15.2. The molecule has 6 rings (SSSR count). The summed E-state index contributed by atoms with van der Waals surface area (Å²) in [4.78, 5) is 31.3. The maximum Gasteiger partial charge on any atom is 0.224 e. The third-order valence-electron chi connectivity index (χ3n) is 6.20. The summed E-state index contributed by atoms with van der Waals surface area (Å²) in [5.74, 6) is 0.188. The van der Waals surface area contributed by atoms with E-state index in [1.165, 1.54) is 10.9 Å². The number of pyridine rings is 2. The molecule has 0 fully saturated rings. The summed E-state index contributed by atoms with van der Waals surface area (Å²) < 4.78 is 15.2. The van der Waals surface area contributed by atoms with Crippen molar-refractivity contribution in [1.29, 1.82) is 0 Å². The highest BCUT2D eigenvalue weighted by Crippen LogP contribution is 2.35. The number of halogens is 1. The Hall–Kier alpha value is -4.44. The van der Waals surface area contributed by atoms with E-state index in [0.717, 1.165) is 16.0 Å². The predicted octanol–water partition coefficient (Wildman–Crippen LogP) is 6.72. The molecule has 190 valence electrons. The van der Waals surface area contributed by atoms with Crippen molar-refractivity contribution in [2.45, 2.75) is 27.2 Å². The molecule has 10 heteroatoms. The van der Waals surface area contributed by atoms with Crippen molar-refractivity contribution in [2.24, 2.45) is 5.92 Å². The van der Waals surface area contributed by atoms with Gasteiger partial charge in [-0.2, -0.15) is 5.10 Å². The molecule has 0 saturated heterocycles. The van der Waals surface area contributed by atoms with Crippen molar-refractivity contribution in [3.05, 3.63) is 65.7 Å². The van der Waals surface area contributed by atoms with Crippen LogP contribution >= 0.6 is 11.3 Å². The quantitative estimate of drug-likeness (QED) is 0.223.